The van der Waals surface area contributed by atoms with E-state index in [2.05, 4.69) is 5.32 Å². The van der Waals surface area contributed by atoms with Crippen LogP contribution in [0.5, 0.6) is 5.75 Å². The van der Waals surface area contributed by atoms with Gasteiger partial charge in [0.1, 0.15) is 5.75 Å². The maximum Gasteiger partial charge on any atom is 0.256 e. The average Bonchev–Trinajstić information content (AvgIpc) is 3.13. The highest BCUT2D eigenvalue weighted by Crippen LogP contribution is 2.27. The third-order valence-corrected chi connectivity index (χ3v) is 5.29. The minimum atomic E-state index is -0.415. The van der Waals surface area contributed by atoms with Crippen LogP contribution in [0.25, 0.3) is 0 Å². The Labute approximate surface area is 157 Å². The maximum absolute atomic E-state index is 12.7. The number of thioether (sulfide) groups is 1. The molecule has 3 N–H and O–H groups in total. The van der Waals surface area contributed by atoms with E-state index in [-0.39, 0.29) is 17.8 Å². The summed E-state index contributed by atoms with van der Waals surface area (Å²) in [4.78, 5) is 24.4. The molecule has 1 aliphatic rings. The second-order valence-electron chi connectivity index (χ2n) is 6.26. The first-order chi connectivity index (χ1) is 12.6. The zero-order valence-electron chi connectivity index (χ0n) is 14.4. The molecule has 0 radical (unpaired) electrons. The SMILES string of the molecule is NC(=O)CSc1ccccc1C(=O)Nc1cccc(OC2CCCC2)c1. The van der Waals surface area contributed by atoms with Crippen LogP contribution in [-0.4, -0.2) is 23.7 Å². The molecule has 0 bridgehead atoms. The highest BCUT2D eigenvalue weighted by Gasteiger charge is 2.17. The fourth-order valence-electron chi connectivity index (χ4n) is 2.97. The van der Waals surface area contributed by atoms with Crippen LogP contribution in [0, 0.1) is 0 Å². The molecule has 2 amide bonds. The summed E-state index contributed by atoms with van der Waals surface area (Å²) in [7, 11) is 0. The predicted octanol–water partition coefficient (Wildman–Crippen LogP) is 3.84. The average molecular weight is 370 g/mol. The molecule has 0 heterocycles. The molecule has 0 aromatic heterocycles. The van der Waals surface area contributed by atoms with Gasteiger partial charge in [0.25, 0.3) is 5.91 Å². The summed E-state index contributed by atoms with van der Waals surface area (Å²) >= 11 is 1.26. The standard InChI is InChI=1S/C20H22N2O3S/c21-19(23)13-26-18-11-4-3-10-17(18)20(24)22-14-6-5-9-16(12-14)25-15-7-1-2-8-15/h3-6,9-12,15H,1-2,7-8,13H2,(H2,21,23)(H,22,24). The van der Waals surface area contributed by atoms with Gasteiger partial charge in [-0.2, -0.15) is 0 Å². The molecule has 0 spiro atoms. The normalized spacial score (nSPS) is 14.2. The summed E-state index contributed by atoms with van der Waals surface area (Å²) in [6.07, 6.45) is 4.86. The van der Waals surface area contributed by atoms with Crippen molar-refractivity contribution in [2.75, 3.05) is 11.1 Å². The van der Waals surface area contributed by atoms with Crippen LogP contribution >= 0.6 is 11.8 Å². The second-order valence-corrected chi connectivity index (χ2v) is 7.27. The molecule has 1 fully saturated rings. The van der Waals surface area contributed by atoms with Crippen LogP contribution in [0.15, 0.2) is 53.4 Å². The van der Waals surface area contributed by atoms with E-state index in [9.17, 15) is 9.59 Å². The number of amides is 2. The van der Waals surface area contributed by atoms with E-state index in [1.807, 2.05) is 36.4 Å². The van der Waals surface area contributed by atoms with Gasteiger partial charge in [0.15, 0.2) is 0 Å². The number of hydrogen-bond donors (Lipinski definition) is 2. The molecule has 0 atom stereocenters. The molecule has 136 valence electrons. The lowest BCUT2D eigenvalue weighted by Crippen LogP contribution is -2.16. The maximum atomic E-state index is 12.7. The number of rotatable bonds is 7. The molecule has 26 heavy (non-hydrogen) atoms. The van der Waals surface area contributed by atoms with Gasteiger partial charge >= 0.3 is 0 Å². The number of primary amides is 1. The van der Waals surface area contributed by atoms with E-state index < -0.39 is 5.91 Å². The minimum Gasteiger partial charge on any atom is -0.490 e. The van der Waals surface area contributed by atoms with Gasteiger partial charge in [-0.1, -0.05) is 18.2 Å². The minimum absolute atomic E-state index is 0.134. The van der Waals surface area contributed by atoms with Crippen molar-refractivity contribution in [3.8, 4) is 5.75 Å². The van der Waals surface area contributed by atoms with Crippen LogP contribution in [0.4, 0.5) is 5.69 Å². The Morgan fingerprint density at radius 1 is 1.12 bits per heavy atom. The van der Waals surface area contributed by atoms with Gasteiger partial charge in [-0.05, 0) is 49.9 Å². The Bertz CT molecular complexity index is 788. The lowest BCUT2D eigenvalue weighted by Gasteiger charge is -2.14. The third kappa shape index (κ3) is 5.02. The fraction of sp³-hybridized carbons (Fsp3) is 0.300. The molecule has 1 saturated carbocycles. The van der Waals surface area contributed by atoms with Gasteiger partial charge in [0.05, 0.1) is 17.4 Å². The van der Waals surface area contributed by atoms with E-state index in [1.54, 1.807) is 12.1 Å². The Hall–Kier alpha value is -2.47. The molecular formula is C20H22N2O3S. The number of nitrogens with one attached hydrogen (secondary N) is 1. The summed E-state index contributed by atoms with van der Waals surface area (Å²) in [5.74, 6) is 0.262. The summed E-state index contributed by atoms with van der Waals surface area (Å²) in [6.45, 7) is 0. The van der Waals surface area contributed by atoms with Crippen molar-refractivity contribution >= 4 is 29.3 Å². The zero-order valence-corrected chi connectivity index (χ0v) is 15.3. The van der Waals surface area contributed by atoms with E-state index in [0.717, 1.165) is 23.5 Å². The van der Waals surface area contributed by atoms with Crippen molar-refractivity contribution in [3.05, 3.63) is 54.1 Å². The van der Waals surface area contributed by atoms with E-state index in [0.29, 0.717) is 11.3 Å². The molecule has 1 aliphatic carbocycles. The van der Waals surface area contributed by atoms with Gasteiger partial charge in [0, 0.05) is 16.6 Å². The van der Waals surface area contributed by atoms with Gasteiger partial charge < -0.3 is 15.8 Å². The summed E-state index contributed by atoms with van der Waals surface area (Å²) in [6, 6.07) is 14.6. The Morgan fingerprint density at radius 3 is 2.65 bits per heavy atom. The number of carbonyl (C=O) groups excluding carboxylic acids is 2. The first kappa shape index (κ1) is 18.3. The highest BCUT2D eigenvalue weighted by molar-refractivity contribution is 8.00. The topological polar surface area (TPSA) is 81.4 Å². The summed E-state index contributed by atoms with van der Waals surface area (Å²) in [5, 5.41) is 2.90. The Morgan fingerprint density at radius 2 is 1.88 bits per heavy atom. The predicted molar refractivity (Wildman–Crippen MR) is 104 cm³/mol. The van der Waals surface area contributed by atoms with Gasteiger partial charge in [-0.15, -0.1) is 11.8 Å². The molecule has 0 saturated heterocycles. The Balaban J connectivity index is 1.69. The van der Waals surface area contributed by atoms with E-state index >= 15 is 0 Å². The number of benzene rings is 2. The molecule has 6 heteroatoms. The highest BCUT2D eigenvalue weighted by atomic mass is 32.2. The van der Waals surface area contributed by atoms with Crippen molar-refractivity contribution in [2.45, 2.75) is 36.7 Å². The smallest absolute Gasteiger partial charge is 0.256 e. The van der Waals surface area contributed by atoms with E-state index in [1.165, 1.54) is 24.6 Å². The lowest BCUT2D eigenvalue weighted by atomic mass is 10.2. The molecule has 5 nitrogen and oxygen atoms in total. The number of nitrogens with two attached hydrogens (primary N) is 1. The summed E-state index contributed by atoms with van der Waals surface area (Å²) in [5.41, 5.74) is 6.39. The largest absolute Gasteiger partial charge is 0.490 e. The molecule has 3 rings (SSSR count). The van der Waals surface area contributed by atoms with Crippen molar-refractivity contribution < 1.29 is 14.3 Å². The van der Waals surface area contributed by atoms with Crippen LogP contribution in [0.3, 0.4) is 0 Å². The summed E-state index contributed by atoms with van der Waals surface area (Å²) < 4.78 is 5.99. The first-order valence-electron chi connectivity index (χ1n) is 8.70. The Kier molecular flexibility index (Phi) is 6.17. The van der Waals surface area contributed by atoms with Gasteiger partial charge in [-0.25, -0.2) is 0 Å². The van der Waals surface area contributed by atoms with Gasteiger partial charge in [0.2, 0.25) is 5.91 Å². The quantitative estimate of drug-likeness (QED) is 0.726. The van der Waals surface area contributed by atoms with E-state index in [4.69, 9.17) is 10.5 Å². The van der Waals surface area contributed by atoms with Crippen LogP contribution < -0.4 is 15.8 Å². The van der Waals surface area contributed by atoms with Crippen molar-refractivity contribution in [3.63, 3.8) is 0 Å². The number of anilines is 1. The van der Waals surface area contributed by atoms with Crippen LogP contribution in [0.1, 0.15) is 36.0 Å². The number of ether oxygens (including phenoxy) is 1. The van der Waals surface area contributed by atoms with Crippen LogP contribution in [-0.2, 0) is 4.79 Å². The van der Waals surface area contributed by atoms with Gasteiger partial charge in [-0.3, -0.25) is 9.59 Å². The van der Waals surface area contributed by atoms with Crippen molar-refractivity contribution in [2.24, 2.45) is 5.73 Å². The van der Waals surface area contributed by atoms with Crippen molar-refractivity contribution in [1.29, 1.82) is 0 Å². The third-order valence-electron chi connectivity index (χ3n) is 4.20. The molecular weight excluding hydrogens is 348 g/mol. The fourth-order valence-corrected chi connectivity index (χ4v) is 3.76. The monoisotopic (exact) mass is 370 g/mol. The second kappa shape index (κ2) is 8.76. The molecule has 0 aliphatic heterocycles. The molecule has 0 unspecified atom stereocenters. The van der Waals surface area contributed by atoms with Crippen molar-refractivity contribution in [1.82, 2.24) is 0 Å². The lowest BCUT2D eigenvalue weighted by molar-refractivity contribution is -0.115. The zero-order chi connectivity index (χ0) is 18.4. The molecule has 2 aromatic carbocycles. The number of carbonyl (C=O) groups is 2. The molecule has 2 aromatic rings. The first-order valence-corrected chi connectivity index (χ1v) is 9.68. The number of hydrogen-bond acceptors (Lipinski definition) is 4. The van der Waals surface area contributed by atoms with Crippen LogP contribution in [0.2, 0.25) is 0 Å².